The van der Waals surface area contributed by atoms with E-state index in [1.165, 1.54) is 7.11 Å². The number of hydrogen-bond donors (Lipinski definition) is 2. The Hall–Kier alpha value is -5.07. The molecule has 14 nitrogen and oxygen atoms in total. The lowest BCUT2D eigenvalue weighted by molar-refractivity contribution is -0.426. The topological polar surface area (TPSA) is 159 Å². The van der Waals surface area contributed by atoms with Gasteiger partial charge in [-0.1, -0.05) is 166 Å². The maximum Gasteiger partial charge on any atom is 0.305 e. The van der Waals surface area contributed by atoms with Gasteiger partial charge in [-0.25, -0.2) is 0 Å². The zero-order chi connectivity index (χ0) is 50.0. The van der Waals surface area contributed by atoms with E-state index in [4.69, 9.17) is 52.1 Å². The SMILES string of the molecule is COC(=O)CCCCCCCC[C@]1(O[C@H]2O[C@H](COCc3ccccc3)[C@@H](OCc3ccccc3)[C@H](OCc3ccccc3)[C@H]2O)[C@@H]2OC(c3ccc(OC)cc3)OC[C@H]2O[C@H](O)[C@@H]1OCc1ccccc1. The summed E-state index contributed by atoms with van der Waals surface area (Å²) in [6.07, 6.45) is -5.27. The van der Waals surface area contributed by atoms with Crippen molar-refractivity contribution in [1.29, 1.82) is 0 Å². The van der Waals surface area contributed by atoms with Gasteiger partial charge >= 0.3 is 5.97 Å². The van der Waals surface area contributed by atoms with E-state index in [9.17, 15) is 15.0 Å². The Morgan fingerprint density at radius 2 is 1.15 bits per heavy atom. The van der Waals surface area contributed by atoms with Gasteiger partial charge < -0.3 is 62.3 Å². The Balaban J connectivity index is 1.16. The summed E-state index contributed by atoms with van der Waals surface area (Å²) in [6.45, 7) is 0.888. The number of hydrogen-bond acceptors (Lipinski definition) is 14. The average molecular weight is 991 g/mol. The van der Waals surface area contributed by atoms with Crippen LogP contribution in [0.4, 0.5) is 0 Å². The predicted molar refractivity (Wildman–Crippen MR) is 266 cm³/mol. The van der Waals surface area contributed by atoms with Crippen LogP contribution >= 0.6 is 0 Å². The molecule has 0 bridgehead atoms. The lowest BCUT2D eigenvalue weighted by atomic mass is 9.78. The van der Waals surface area contributed by atoms with Crippen LogP contribution in [-0.4, -0.2) is 105 Å². The number of aliphatic hydroxyl groups is 2. The Morgan fingerprint density at radius 3 is 1.74 bits per heavy atom. The van der Waals surface area contributed by atoms with Crippen LogP contribution in [0.1, 0.15) is 85.5 Å². The van der Waals surface area contributed by atoms with Crippen molar-refractivity contribution in [1.82, 2.24) is 0 Å². The van der Waals surface area contributed by atoms with Crippen LogP contribution < -0.4 is 4.74 Å². The summed E-state index contributed by atoms with van der Waals surface area (Å²) < 4.78 is 71.3. The number of methoxy groups -OCH3 is 2. The first-order valence-corrected chi connectivity index (χ1v) is 25.2. The summed E-state index contributed by atoms with van der Waals surface area (Å²) in [5.41, 5.74) is 2.89. The van der Waals surface area contributed by atoms with Crippen molar-refractivity contribution in [2.75, 3.05) is 27.4 Å². The Morgan fingerprint density at radius 1 is 0.611 bits per heavy atom. The van der Waals surface area contributed by atoms with E-state index in [0.29, 0.717) is 31.6 Å². The molecule has 14 heteroatoms. The second kappa shape index (κ2) is 27.3. The third kappa shape index (κ3) is 14.4. The van der Waals surface area contributed by atoms with Crippen molar-refractivity contribution in [3.63, 3.8) is 0 Å². The van der Waals surface area contributed by atoms with Crippen molar-refractivity contribution in [2.24, 2.45) is 0 Å². The van der Waals surface area contributed by atoms with Crippen LogP contribution in [-0.2, 0) is 78.6 Å². The van der Waals surface area contributed by atoms with Crippen molar-refractivity contribution >= 4 is 5.97 Å². The van der Waals surface area contributed by atoms with Crippen LogP contribution in [0, 0.1) is 0 Å². The van der Waals surface area contributed by atoms with Gasteiger partial charge in [-0.05, 0) is 47.2 Å². The first-order chi connectivity index (χ1) is 35.3. The van der Waals surface area contributed by atoms with Crippen molar-refractivity contribution in [3.8, 4) is 5.75 Å². The maximum atomic E-state index is 12.9. The van der Waals surface area contributed by atoms with E-state index in [-0.39, 0.29) is 39.0 Å². The van der Waals surface area contributed by atoms with Gasteiger partial charge in [-0.15, -0.1) is 0 Å². The highest BCUT2D eigenvalue weighted by atomic mass is 16.8. The first kappa shape index (κ1) is 53.2. The average Bonchev–Trinajstić information content (AvgIpc) is 3.42. The van der Waals surface area contributed by atoms with Crippen LogP contribution in [0.25, 0.3) is 0 Å². The predicted octanol–water partition coefficient (Wildman–Crippen LogP) is 8.93. The molecule has 0 aliphatic carbocycles. The minimum absolute atomic E-state index is 0.0529. The molecule has 3 aliphatic heterocycles. The van der Waals surface area contributed by atoms with Crippen LogP contribution in [0.3, 0.4) is 0 Å². The number of carbonyl (C=O) groups excluding carboxylic acids is 1. The first-order valence-electron chi connectivity index (χ1n) is 25.2. The molecule has 3 heterocycles. The van der Waals surface area contributed by atoms with Crippen molar-refractivity contribution in [2.45, 2.75) is 145 Å². The third-order valence-corrected chi connectivity index (χ3v) is 13.6. The highest BCUT2D eigenvalue weighted by molar-refractivity contribution is 5.68. The molecule has 8 rings (SSSR count). The van der Waals surface area contributed by atoms with E-state index in [1.54, 1.807) is 7.11 Å². The number of fused-ring (bicyclic) bond motifs is 1. The fourth-order valence-corrected chi connectivity index (χ4v) is 9.74. The van der Waals surface area contributed by atoms with Gasteiger partial charge in [0.25, 0.3) is 0 Å². The monoisotopic (exact) mass is 990 g/mol. The maximum absolute atomic E-state index is 12.9. The summed E-state index contributed by atoms with van der Waals surface area (Å²) in [5, 5.41) is 25.1. The van der Waals surface area contributed by atoms with Gasteiger partial charge in [0, 0.05) is 12.0 Å². The molecule has 0 amide bonds. The summed E-state index contributed by atoms with van der Waals surface area (Å²) in [5.74, 6) is 0.460. The molecule has 11 atom stereocenters. The lowest BCUT2D eigenvalue weighted by Crippen LogP contribution is -2.73. The largest absolute Gasteiger partial charge is 0.497 e. The number of aliphatic hydroxyl groups excluding tert-OH is 2. The van der Waals surface area contributed by atoms with E-state index in [0.717, 1.165) is 59.9 Å². The van der Waals surface area contributed by atoms with E-state index >= 15 is 0 Å². The van der Waals surface area contributed by atoms with E-state index in [1.807, 2.05) is 146 Å². The number of ether oxygens (including phenoxy) is 11. The molecule has 5 aromatic rings. The molecule has 0 spiro atoms. The van der Waals surface area contributed by atoms with Gasteiger partial charge in [-0.3, -0.25) is 4.79 Å². The summed E-state index contributed by atoms with van der Waals surface area (Å²) in [7, 11) is 3.02. The molecule has 3 saturated heterocycles. The lowest BCUT2D eigenvalue weighted by Gasteiger charge is -2.57. The quantitative estimate of drug-likeness (QED) is 0.0400. The molecule has 2 N–H and O–H groups in total. The highest BCUT2D eigenvalue weighted by Gasteiger charge is 2.63. The molecule has 3 aliphatic rings. The fourth-order valence-electron chi connectivity index (χ4n) is 9.74. The minimum atomic E-state index is -1.53. The van der Waals surface area contributed by atoms with E-state index in [2.05, 4.69) is 0 Å². The standard InChI is InChI=1S/C58H70O14/c1-62-46-32-30-45(31-33-46)56-68-40-48-53(71-56)58(34-20-6-4-3-5-19-29-49(59)63-2,54(55(61)69-48)67-38-44-27-17-10-18-28-44)72-57-50(60)52(66-37-43-25-15-9-16-26-43)51(65-36-42-23-13-8-14-24-42)47(70-57)39-64-35-41-21-11-7-12-22-41/h7-18,21-28,30-33,47-48,50-57,60-61H,3-6,19-20,29,34-40H2,1-2H3/t47-,48-,50-,51-,52-,53-,54+,55+,56?,57-,58+/m1/s1. The fraction of sp³-hybridized carbons (Fsp3) is 0.466. The summed E-state index contributed by atoms with van der Waals surface area (Å²) >= 11 is 0. The molecule has 0 saturated carbocycles. The van der Waals surface area contributed by atoms with Gasteiger partial charge in [0.15, 0.2) is 18.9 Å². The Kier molecular flexibility index (Phi) is 20.2. The number of rotatable bonds is 26. The summed E-state index contributed by atoms with van der Waals surface area (Å²) in [6, 6.07) is 46.6. The Labute approximate surface area is 423 Å². The zero-order valence-corrected chi connectivity index (χ0v) is 41.3. The van der Waals surface area contributed by atoms with Crippen LogP contribution in [0.5, 0.6) is 5.75 Å². The van der Waals surface area contributed by atoms with Crippen LogP contribution in [0.15, 0.2) is 146 Å². The minimum Gasteiger partial charge on any atom is -0.497 e. The normalized spacial score (nSPS) is 27.2. The third-order valence-electron chi connectivity index (χ3n) is 13.6. The summed E-state index contributed by atoms with van der Waals surface area (Å²) in [4.78, 5) is 11.8. The van der Waals surface area contributed by atoms with Crippen molar-refractivity contribution in [3.05, 3.63) is 173 Å². The molecule has 0 aromatic heterocycles. The molecule has 386 valence electrons. The smallest absolute Gasteiger partial charge is 0.305 e. The van der Waals surface area contributed by atoms with Gasteiger partial charge in [0.05, 0.1) is 53.9 Å². The highest BCUT2D eigenvalue weighted by Crippen LogP contribution is 2.47. The molecule has 72 heavy (non-hydrogen) atoms. The van der Waals surface area contributed by atoms with Crippen LogP contribution in [0.2, 0.25) is 0 Å². The zero-order valence-electron chi connectivity index (χ0n) is 41.3. The molecule has 3 fully saturated rings. The second-order valence-electron chi connectivity index (χ2n) is 18.6. The van der Waals surface area contributed by atoms with Gasteiger partial charge in [-0.2, -0.15) is 0 Å². The van der Waals surface area contributed by atoms with E-state index < -0.39 is 67.2 Å². The molecule has 5 aromatic carbocycles. The molecule has 1 unspecified atom stereocenters. The molecular formula is C58H70O14. The number of unbranched alkanes of at least 4 members (excludes halogenated alkanes) is 5. The number of esters is 1. The Bertz CT molecular complexity index is 2310. The number of benzene rings is 5. The van der Waals surface area contributed by atoms with Gasteiger partial charge in [0.1, 0.15) is 54.1 Å². The van der Waals surface area contributed by atoms with Gasteiger partial charge in [0.2, 0.25) is 0 Å². The second-order valence-corrected chi connectivity index (χ2v) is 18.6. The number of carbonyl (C=O) groups is 1. The van der Waals surface area contributed by atoms with Crippen molar-refractivity contribution < 1.29 is 67.1 Å². The molecular weight excluding hydrogens is 921 g/mol. The molecule has 0 radical (unpaired) electrons.